The van der Waals surface area contributed by atoms with Crippen molar-refractivity contribution in [3.8, 4) is 0 Å². The molecular formula is C36H37NO3. The van der Waals surface area contributed by atoms with Crippen LogP contribution in [0.2, 0.25) is 0 Å². The van der Waals surface area contributed by atoms with E-state index in [2.05, 4.69) is 50.4 Å². The van der Waals surface area contributed by atoms with Crippen LogP contribution in [-0.2, 0) is 14.9 Å². The molecule has 0 unspecified atom stereocenters. The molecule has 4 aromatic rings. The fraction of sp³-hybridized carbons (Fsp3) is 0.278. The van der Waals surface area contributed by atoms with Gasteiger partial charge >= 0.3 is 5.97 Å². The number of esters is 1. The minimum absolute atomic E-state index is 0.139. The Morgan fingerprint density at radius 2 is 1.48 bits per heavy atom. The van der Waals surface area contributed by atoms with Crippen molar-refractivity contribution in [3.05, 3.63) is 126 Å². The van der Waals surface area contributed by atoms with Crippen LogP contribution in [0.25, 0.3) is 16.8 Å². The van der Waals surface area contributed by atoms with Crippen molar-refractivity contribution in [3.63, 3.8) is 0 Å². The van der Waals surface area contributed by atoms with Gasteiger partial charge in [-0.3, -0.25) is 4.79 Å². The second kappa shape index (κ2) is 11.9. The normalized spacial score (nSPS) is 19.7. The van der Waals surface area contributed by atoms with Crippen LogP contribution >= 0.6 is 0 Å². The first-order valence-electron chi connectivity index (χ1n) is 14.2. The van der Waals surface area contributed by atoms with Crippen LogP contribution in [-0.4, -0.2) is 18.0 Å². The molecule has 1 aliphatic rings. The number of amides is 1. The number of rotatable bonds is 7. The van der Waals surface area contributed by atoms with Crippen molar-refractivity contribution in [1.29, 1.82) is 0 Å². The molecule has 1 aliphatic carbocycles. The lowest BCUT2D eigenvalue weighted by molar-refractivity contribution is -0.152. The van der Waals surface area contributed by atoms with Crippen molar-refractivity contribution >= 4 is 28.7 Å². The van der Waals surface area contributed by atoms with Gasteiger partial charge in [-0.1, -0.05) is 118 Å². The summed E-state index contributed by atoms with van der Waals surface area (Å²) in [5.41, 5.74) is 2.52. The highest BCUT2D eigenvalue weighted by Gasteiger charge is 2.42. The molecule has 0 radical (unpaired) electrons. The molecule has 0 saturated heterocycles. The van der Waals surface area contributed by atoms with Crippen molar-refractivity contribution in [2.75, 3.05) is 0 Å². The maximum Gasteiger partial charge on any atom is 0.355 e. The molecule has 1 saturated carbocycles. The first kappa shape index (κ1) is 27.4. The number of nitrogens with one attached hydrogen (secondary N) is 1. The smallest absolute Gasteiger partial charge is 0.355 e. The molecule has 1 amide bonds. The number of carbonyl (C=O) groups excluding carboxylic acids is 2. The van der Waals surface area contributed by atoms with Crippen molar-refractivity contribution in [2.24, 2.45) is 11.8 Å². The molecule has 5 rings (SSSR count). The highest BCUT2D eigenvalue weighted by Crippen LogP contribution is 2.43. The first-order chi connectivity index (χ1) is 19.3. The Balaban J connectivity index is 1.49. The maximum atomic E-state index is 13.9. The standard InChI is InChI=1S/C36H37NO3/c1-25-21-22-31(36(2,3)29-18-8-5-9-19-29)33(23-25)40-35(39)32(37-34(38)27-14-6-4-7-15-27)24-28-17-12-16-26-13-10-11-20-30(26)28/h4-20,24-25,31,33H,21-23H2,1-3H3,(H,37,38)/b32-24+/t25-,31-,33-/m1/s1. The van der Waals surface area contributed by atoms with Gasteiger partial charge in [0.1, 0.15) is 11.8 Å². The Morgan fingerprint density at radius 3 is 2.23 bits per heavy atom. The SMILES string of the molecule is C[C@@H]1CC[C@@H](C(C)(C)c2ccccc2)[C@H](OC(=O)/C(=C\c2cccc3ccccc23)NC(=O)c2ccccc2)C1. The van der Waals surface area contributed by atoms with Gasteiger partial charge in [-0.15, -0.1) is 0 Å². The number of ether oxygens (including phenoxy) is 1. The van der Waals surface area contributed by atoms with E-state index >= 15 is 0 Å². The Bertz CT molecular complexity index is 1500. The minimum Gasteiger partial charge on any atom is -0.457 e. The summed E-state index contributed by atoms with van der Waals surface area (Å²) in [5.74, 6) is -0.254. The van der Waals surface area contributed by atoms with Gasteiger partial charge in [-0.25, -0.2) is 4.79 Å². The zero-order chi connectivity index (χ0) is 28.1. The van der Waals surface area contributed by atoms with Gasteiger partial charge < -0.3 is 10.1 Å². The summed E-state index contributed by atoms with van der Waals surface area (Å²) in [7, 11) is 0. The molecule has 0 spiro atoms. The number of hydrogen-bond donors (Lipinski definition) is 1. The lowest BCUT2D eigenvalue weighted by atomic mass is 9.64. The third kappa shape index (κ3) is 6.02. The van der Waals surface area contributed by atoms with Crippen molar-refractivity contribution < 1.29 is 14.3 Å². The molecule has 0 heterocycles. The van der Waals surface area contributed by atoms with Crippen LogP contribution in [0.1, 0.15) is 61.5 Å². The molecular weight excluding hydrogens is 494 g/mol. The fourth-order valence-electron chi connectivity index (χ4n) is 6.03. The predicted molar refractivity (Wildman–Crippen MR) is 162 cm³/mol. The van der Waals surface area contributed by atoms with Crippen molar-refractivity contribution in [1.82, 2.24) is 5.32 Å². The van der Waals surface area contributed by atoms with Gasteiger partial charge in [-0.2, -0.15) is 0 Å². The van der Waals surface area contributed by atoms with Crippen LogP contribution in [0, 0.1) is 11.8 Å². The highest BCUT2D eigenvalue weighted by molar-refractivity contribution is 6.04. The Hall–Kier alpha value is -4.18. The maximum absolute atomic E-state index is 13.9. The Morgan fingerprint density at radius 1 is 0.825 bits per heavy atom. The van der Waals surface area contributed by atoms with Crippen molar-refractivity contribution in [2.45, 2.75) is 51.6 Å². The molecule has 0 aliphatic heterocycles. The molecule has 0 aromatic heterocycles. The molecule has 40 heavy (non-hydrogen) atoms. The molecule has 4 heteroatoms. The van der Waals surface area contributed by atoms with E-state index in [0.29, 0.717) is 11.5 Å². The number of carbonyl (C=O) groups is 2. The van der Waals surface area contributed by atoms with E-state index in [9.17, 15) is 9.59 Å². The lowest BCUT2D eigenvalue weighted by Gasteiger charge is -2.44. The summed E-state index contributed by atoms with van der Waals surface area (Å²) in [6, 6.07) is 33.4. The Labute approximate surface area is 237 Å². The van der Waals surface area contributed by atoms with E-state index in [1.54, 1.807) is 30.3 Å². The van der Waals surface area contributed by atoms with Crippen LogP contribution in [0.15, 0.2) is 109 Å². The largest absolute Gasteiger partial charge is 0.457 e. The average molecular weight is 532 g/mol. The molecule has 1 N–H and O–H groups in total. The lowest BCUT2D eigenvalue weighted by Crippen LogP contribution is -2.44. The monoisotopic (exact) mass is 531 g/mol. The zero-order valence-corrected chi connectivity index (χ0v) is 23.5. The second-order valence-electron chi connectivity index (χ2n) is 11.5. The quantitative estimate of drug-likeness (QED) is 0.195. The van der Waals surface area contributed by atoms with Gasteiger partial charge in [0.2, 0.25) is 0 Å². The number of fused-ring (bicyclic) bond motifs is 1. The van der Waals surface area contributed by atoms with Crippen LogP contribution < -0.4 is 5.32 Å². The van der Waals surface area contributed by atoms with Gasteiger partial charge in [0.25, 0.3) is 5.91 Å². The van der Waals surface area contributed by atoms with E-state index in [4.69, 9.17) is 4.74 Å². The van der Waals surface area contributed by atoms with Crippen LogP contribution in [0.4, 0.5) is 0 Å². The van der Waals surface area contributed by atoms with Gasteiger partial charge in [0.15, 0.2) is 0 Å². The average Bonchev–Trinajstić information content (AvgIpc) is 2.97. The van der Waals surface area contributed by atoms with Gasteiger partial charge in [0.05, 0.1) is 0 Å². The van der Waals surface area contributed by atoms with Crippen LogP contribution in [0.5, 0.6) is 0 Å². The summed E-state index contributed by atoms with van der Waals surface area (Å²) in [5, 5.41) is 4.94. The minimum atomic E-state index is -0.509. The zero-order valence-electron chi connectivity index (χ0n) is 23.5. The summed E-state index contributed by atoms with van der Waals surface area (Å²) in [4.78, 5) is 27.1. The van der Waals surface area contributed by atoms with E-state index in [-0.39, 0.29) is 29.0 Å². The fourth-order valence-corrected chi connectivity index (χ4v) is 6.03. The Kier molecular flexibility index (Phi) is 8.16. The molecule has 0 bridgehead atoms. The molecule has 4 aromatic carbocycles. The summed E-state index contributed by atoms with van der Waals surface area (Å²) in [6.07, 6.45) is 4.34. The van der Waals surface area contributed by atoms with Crippen LogP contribution in [0.3, 0.4) is 0 Å². The van der Waals surface area contributed by atoms with E-state index < -0.39 is 5.97 Å². The van der Waals surface area contributed by atoms with E-state index in [1.165, 1.54) is 5.56 Å². The molecule has 4 nitrogen and oxygen atoms in total. The molecule has 3 atom stereocenters. The number of benzene rings is 4. The first-order valence-corrected chi connectivity index (χ1v) is 14.2. The third-order valence-corrected chi connectivity index (χ3v) is 8.38. The molecule has 1 fully saturated rings. The molecule has 204 valence electrons. The summed E-state index contributed by atoms with van der Waals surface area (Å²) in [6.45, 7) is 6.71. The van der Waals surface area contributed by atoms with Gasteiger partial charge in [-0.05, 0) is 64.3 Å². The summed E-state index contributed by atoms with van der Waals surface area (Å²) >= 11 is 0. The topological polar surface area (TPSA) is 55.4 Å². The second-order valence-corrected chi connectivity index (χ2v) is 11.5. The summed E-state index contributed by atoms with van der Waals surface area (Å²) < 4.78 is 6.34. The third-order valence-electron chi connectivity index (χ3n) is 8.38. The number of hydrogen-bond acceptors (Lipinski definition) is 3. The highest BCUT2D eigenvalue weighted by atomic mass is 16.5. The van der Waals surface area contributed by atoms with E-state index in [1.807, 2.05) is 54.6 Å². The van der Waals surface area contributed by atoms with E-state index in [0.717, 1.165) is 35.6 Å². The predicted octanol–water partition coefficient (Wildman–Crippen LogP) is 7.94. The van der Waals surface area contributed by atoms with Gasteiger partial charge in [0, 0.05) is 11.5 Å².